The SMILES string of the molecule is CC1C2CC3CC(CC1(C(=O)O)C3)C2NC(=O)C(C)(C)N1CCN(C(=O)c2ccco2)CC1. The number of furan rings is 1. The third-order valence-corrected chi connectivity index (χ3v) is 9.37. The maximum atomic E-state index is 13.5. The van der Waals surface area contributed by atoms with Gasteiger partial charge in [-0.2, -0.15) is 0 Å². The van der Waals surface area contributed by atoms with E-state index in [0.29, 0.717) is 44.3 Å². The third-order valence-electron chi connectivity index (χ3n) is 9.37. The van der Waals surface area contributed by atoms with Crippen LogP contribution in [0.25, 0.3) is 0 Å². The Kier molecular flexibility index (Phi) is 5.34. The lowest BCUT2D eigenvalue weighted by Crippen LogP contribution is -2.68. The first-order chi connectivity index (χ1) is 15.6. The maximum Gasteiger partial charge on any atom is 0.309 e. The van der Waals surface area contributed by atoms with Crippen LogP contribution in [0.5, 0.6) is 0 Å². The summed E-state index contributed by atoms with van der Waals surface area (Å²) in [4.78, 5) is 42.2. The van der Waals surface area contributed by atoms with Crippen molar-refractivity contribution in [3.05, 3.63) is 24.2 Å². The average molecular weight is 458 g/mol. The molecule has 6 rings (SSSR count). The Balaban J connectivity index is 1.23. The number of hydrogen-bond donors (Lipinski definition) is 2. The molecular formula is C25H35N3O5. The topological polar surface area (TPSA) is 103 Å². The summed E-state index contributed by atoms with van der Waals surface area (Å²) < 4.78 is 5.24. The van der Waals surface area contributed by atoms with Crippen molar-refractivity contribution in [2.24, 2.45) is 29.1 Å². The standard InChI is InChI=1S/C25H35N3O5/c1-15-18-12-16-11-17(14-25(15,13-16)23(31)32)20(18)26-22(30)24(2,3)28-8-6-27(7-9-28)21(29)19-5-4-10-33-19/h4-5,10,15-18,20H,6-9,11-14H2,1-3H3,(H,26,30)(H,31,32). The predicted octanol–water partition coefficient (Wildman–Crippen LogP) is 2.46. The van der Waals surface area contributed by atoms with E-state index in [4.69, 9.17) is 4.42 Å². The van der Waals surface area contributed by atoms with E-state index in [1.165, 1.54) is 6.26 Å². The minimum absolute atomic E-state index is 0.00218. The fraction of sp³-hybridized carbons (Fsp3) is 0.720. The molecule has 6 atom stereocenters. The number of carbonyl (C=O) groups is 3. The molecule has 0 aromatic carbocycles. The summed E-state index contributed by atoms with van der Waals surface area (Å²) in [6.07, 6.45) is 5.02. The summed E-state index contributed by atoms with van der Waals surface area (Å²) in [7, 11) is 0. The molecule has 33 heavy (non-hydrogen) atoms. The fourth-order valence-electron chi connectivity index (χ4n) is 7.38. The molecule has 1 aromatic rings. The van der Waals surface area contributed by atoms with E-state index >= 15 is 0 Å². The number of nitrogens with one attached hydrogen (secondary N) is 1. The van der Waals surface area contributed by atoms with E-state index in [0.717, 1.165) is 19.3 Å². The Hall–Kier alpha value is -2.35. The number of carboxylic acid groups (broad SMARTS) is 1. The van der Waals surface area contributed by atoms with Crippen LogP contribution in [-0.4, -0.2) is 70.4 Å². The number of nitrogens with zero attached hydrogens (tertiary/aromatic N) is 2. The number of amides is 2. The van der Waals surface area contributed by atoms with Crippen LogP contribution in [0, 0.1) is 29.1 Å². The molecule has 2 N–H and O–H groups in total. The minimum atomic E-state index is -0.706. The Morgan fingerprint density at radius 1 is 1.15 bits per heavy atom. The van der Waals surface area contributed by atoms with Crippen molar-refractivity contribution in [2.45, 2.75) is 58.0 Å². The van der Waals surface area contributed by atoms with Crippen LogP contribution < -0.4 is 5.32 Å². The van der Waals surface area contributed by atoms with Gasteiger partial charge in [-0.25, -0.2) is 0 Å². The molecule has 5 aliphatic rings. The number of hydrogen-bond acceptors (Lipinski definition) is 5. The van der Waals surface area contributed by atoms with Crippen LogP contribution in [0.4, 0.5) is 0 Å². The van der Waals surface area contributed by atoms with E-state index in [2.05, 4.69) is 17.1 Å². The van der Waals surface area contributed by atoms with Crippen LogP contribution in [0.15, 0.2) is 22.8 Å². The molecule has 2 amide bonds. The van der Waals surface area contributed by atoms with Gasteiger partial charge in [0.2, 0.25) is 5.91 Å². The van der Waals surface area contributed by atoms with Crippen molar-refractivity contribution in [1.29, 1.82) is 0 Å². The summed E-state index contributed by atoms with van der Waals surface area (Å²) in [6, 6.07) is 3.44. The van der Waals surface area contributed by atoms with Gasteiger partial charge in [0.1, 0.15) is 0 Å². The molecule has 4 aliphatic carbocycles. The molecule has 8 nitrogen and oxygen atoms in total. The zero-order valence-electron chi connectivity index (χ0n) is 19.8. The lowest BCUT2D eigenvalue weighted by Gasteiger charge is -2.62. The first-order valence-corrected chi connectivity index (χ1v) is 12.3. The van der Waals surface area contributed by atoms with Crippen molar-refractivity contribution in [3.8, 4) is 0 Å². The van der Waals surface area contributed by atoms with E-state index in [9.17, 15) is 19.5 Å². The van der Waals surface area contributed by atoms with E-state index in [1.807, 2.05) is 13.8 Å². The van der Waals surface area contributed by atoms with Crippen molar-refractivity contribution < 1.29 is 23.9 Å². The van der Waals surface area contributed by atoms with Crippen LogP contribution in [0.1, 0.15) is 57.0 Å². The highest BCUT2D eigenvalue weighted by Crippen LogP contribution is 2.62. The Morgan fingerprint density at radius 3 is 2.52 bits per heavy atom. The molecule has 4 bridgehead atoms. The van der Waals surface area contributed by atoms with Gasteiger partial charge in [-0.1, -0.05) is 6.92 Å². The molecule has 1 aromatic heterocycles. The largest absolute Gasteiger partial charge is 0.481 e. The monoisotopic (exact) mass is 457 g/mol. The van der Waals surface area contributed by atoms with Gasteiger partial charge in [-0.3, -0.25) is 19.3 Å². The quantitative estimate of drug-likeness (QED) is 0.704. The Morgan fingerprint density at radius 2 is 1.88 bits per heavy atom. The van der Waals surface area contributed by atoms with Gasteiger partial charge >= 0.3 is 5.97 Å². The summed E-state index contributed by atoms with van der Waals surface area (Å²) in [6.45, 7) is 8.30. The highest BCUT2D eigenvalue weighted by atomic mass is 16.4. The zero-order chi connectivity index (χ0) is 23.5. The van der Waals surface area contributed by atoms with Crippen molar-refractivity contribution in [2.75, 3.05) is 26.2 Å². The normalized spacial score (nSPS) is 36.1. The smallest absolute Gasteiger partial charge is 0.309 e. The molecule has 0 radical (unpaired) electrons. The number of carboxylic acids is 1. The Bertz CT molecular complexity index is 936. The summed E-state index contributed by atoms with van der Waals surface area (Å²) in [5.41, 5.74) is -1.31. The second-order valence-electron chi connectivity index (χ2n) is 11.2. The number of aliphatic carboxylic acids is 1. The molecule has 6 unspecified atom stereocenters. The van der Waals surface area contributed by atoms with Gasteiger partial charge in [0.15, 0.2) is 5.76 Å². The van der Waals surface area contributed by atoms with Crippen LogP contribution in [-0.2, 0) is 9.59 Å². The second-order valence-corrected chi connectivity index (χ2v) is 11.2. The van der Waals surface area contributed by atoms with Crippen LogP contribution >= 0.6 is 0 Å². The predicted molar refractivity (Wildman–Crippen MR) is 120 cm³/mol. The van der Waals surface area contributed by atoms with Crippen LogP contribution in [0.3, 0.4) is 0 Å². The third kappa shape index (κ3) is 3.49. The first-order valence-electron chi connectivity index (χ1n) is 12.3. The van der Waals surface area contributed by atoms with Gasteiger partial charge in [-0.05, 0) is 75.3 Å². The highest BCUT2D eigenvalue weighted by Gasteiger charge is 2.63. The first kappa shape index (κ1) is 22.4. The van der Waals surface area contributed by atoms with E-state index < -0.39 is 16.9 Å². The molecule has 1 saturated heterocycles. The van der Waals surface area contributed by atoms with Gasteiger partial charge in [0, 0.05) is 32.2 Å². The number of carbonyl (C=O) groups excluding carboxylic acids is 2. The maximum absolute atomic E-state index is 13.5. The highest BCUT2D eigenvalue weighted by molar-refractivity contribution is 5.91. The molecule has 4 saturated carbocycles. The molecular weight excluding hydrogens is 422 g/mol. The lowest BCUT2D eigenvalue weighted by molar-refractivity contribution is -0.181. The lowest BCUT2D eigenvalue weighted by atomic mass is 9.44. The molecule has 2 heterocycles. The van der Waals surface area contributed by atoms with Crippen molar-refractivity contribution >= 4 is 17.8 Å². The van der Waals surface area contributed by atoms with E-state index in [-0.39, 0.29) is 35.6 Å². The van der Waals surface area contributed by atoms with Gasteiger partial charge in [0.25, 0.3) is 5.91 Å². The van der Waals surface area contributed by atoms with Crippen LogP contribution in [0.2, 0.25) is 0 Å². The van der Waals surface area contributed by atoms with Gasteiger partial charge in [-0.15, -0.1) is 0 Å². The van der Waals surface area contributed by atoms with Gasteiger partial charge < -0.3 is 19.7 Å². The molecule has 5 fully saturated rings. The van der Waals surface area contributed by atoms with Gasteiger partial charge in [0.05, 0.1) is 17.2 Å². The molecule has 0 spiro atoms. The summed E-state index contributed by atoms with van der Waals surface area (Å²) in [5, 5.41) is 13.4. The minimum Gasteiger partial charge on any atom is -0.481 e. The zero-order valence-corrected chi connectivity index (χ0v) is 19.8. The van der Waals surface area contributed by atoms with E-state index in [1.54, 1.807) is 17.0 Å². The number of piperazine rings is 1. The molecule has 180 valence electrons. The number of rotatable bonds is 5. The fourth-order valence-corrected chi connectivity index (χ4v) is 7.38. The average Bonchev–Trinajstić information content (AvgIpc) is 3.33. The molecule has 1 aliphatic heterocycles. The molecule has 8 heteroatoms. The second kappa shape index (κ2) is 7.86. The van der Waals surface area contributed by atoms with Crippen molar-refractivity contribution in [3.63, 3.8) is 0 Å². The summed E-state index contributed by atoms with van der Waals surface area (Å²) >= 11 is 0. The van der Waals surface area contributed by atoms with Crippen molar-refractivity contribution in [1.82, 2.24) is 15.1 Å². The Labute approximate surface area is 194 Å². The summed E-state index contributed by atoms with van der Waals surface area (Å²) in [5.74, 6) is 0.609.